The Labute approximate surface area is 168 Å². The van der Waals surface area contributed by atoms with Gasteiger partial charge in [0.1, 0.15) is 11.3 Å². The number of rotatable bonds is 4. The first kappa shape index (κ1) is 20.9. The molecule has 126 valence electrons. The van der Waals surface area contributed by atoms with E-state index < -0.39 is 0 Å². The minimum atomic E-state index is 0. The average Bonchev–Trinajstić information content (AvgIpc) is 2.96. The summed E-state index contributed by atoms with van der Waals surface area (Å²) in [6.07, 6.45) is 2.16. The number of aromatic nitrogens is 1. The number of phenolic OH excluding ortho intramolecular Hbond substituents is 1. The predicted molar refractivity (Wildman–Crippen MR) is 99.7 cm³/mol. The van der Waals surface area contributed by atoms with Crippen LogP contribution in [0, 0.1) is 6.04 Å². The van der Waals surface area contributed by atoms with Crippen molar-refractivity contribution in [2.24, 2.45) is 0 Å². The van der Waals surface area contributed by atoms with Crippen molar-refractivity contribution in [3.8, 4) is 16.3 Å². The summed E-state index contributed by atoms with van der Waals surface area (Å²) in [7, 11) is 0. The van der Waals surface area contributed by atoms with Crippen molar-refractivity contribution < 1.29 is 35.5 Å². The van der Waals surface area contributed by atoms with Crippen LogP contribution >= 0.6 is 11.3 Å². The monoisotopic (exact) mass is 507 g/mol. The molecule has 0 spiro atoms. The first-order chi connectivity index (χ1) is 11.2. The van der Waals surface area contributed by atoms with E-state index in [1.165, 1.54) is 16.3 Å². The molecule has 3 aromatic rings. The van der Waals surface area contributed by atoms with Crippen molar-refractivity contribution in [1.82, 2.24) is 0 Å². The van der Waals surface area contributed by atoms with Gasteiger partial charge in [0, 0.05) is 36.1 Å². The van der Waals surface area contributed by atoms with Crippen molar-refractivity contribution in [3.63, 3.8) is 0 Å². The molecular formula is C20H25HfNOS. The Balaban J connectivity index is 0.000000925. The molecule has 2 aromatic carbocycles. The van der Waals surface area contributed by atoms with Gasteiger partial charge in [0.15, 0.2) is 5.01 Å². The number of phenols is 1. The zero-order valence-corrected chi connectivity index (χ0v) is 19.2. The quantitative estimate of drug-likeness (QED) is 0.271. The third-order valence-electron chi connectivity index (χ3n) is 3.64. The fourth-order valence-corrected chi connectivity index (χ4v) is 3.92. The topological polar surface area (TPSA) is 24.1 Å². The standard InChI is InChI=1S/C18H19NOS.C2H6.Hf/c1-3-8-13(2)19-15-10-5-7-12-17(15)21-18(19)14-9-4-6-11-16(14)20;1-2;/h4-7,9-12,20H,3,8H2,1-2H3;1-2H3;. The minimum absolute atomic E-state index is 0. The summed E-state index contributed by atoms with van der Waals surface area (Å²) < 4.78 is 3.53. The first-order valence-corrected chi connectivity index (χ1v) is 9.08. The number of benzene rings is 2. The van der Waals surface area contributed by atoms with Crippen LogP contribution in [0.4, 0.5) is 0 Å². The second-order valence-corrected chi connectivity index (χ2v) is 6.24. The molecule has 3 rings (SSSR count). The van der Waals surface area contributed by atoms with Gasteiger partial charge in [0.25, 0.3) is 0 Å². The zero-order chi connectivity index (χ0) is 16.8. The van der Waals surface area contributed by atoms with Crippen molar-refractivity contribution >= 4 is 21.6 Å². The maximum Gasteiger partial charge on any atom is 0.171 e. The van der Waals surface area contributed by atoms with Gasteiger partial charge in [-0.05, 0) is 25.5 Å². The van der Waals surface area contributed by atoms with Crippen molar-refractivity contribution in [2.45, 2.75) is 40.5 Å². The zero-order valence-electron chi connectivity index (χ0n) is 14.8. The molecule has 0 unspecified atom stereocenters. The SMILES string of the molecule is CC.CCC[C-](C)[n+]1c(-c2ccccc2O)sc2ccccc21.[Hf]. The summed E-state index contributed by atoms with van der Waals surface area (Å²) in [4.78, 5) is 0. The van der Waals surface area contributed by atoms with E-state index in [-0.39, 0.29) is 25.8 Å². The number of aromatic hydroxyl groups is 1. The van der Waals surface area contributed by atoms with Crippen LogP contribution in [0.2, 0.25) is 0 Å². The molecule has 0 radical (unpaired) electrons. The van der Waals surface area contributed by atoms with Crippen LogP contribution in [0.5, 0.6) is 5.75 Å². The normalized spacial score (nSPS) is 9.83. The Morgan fingerprint density at radius 2 is 1.67 bits per heavy atom. The molecule has 0 saturated carbocycles. The Kier molecular flexibility index (Phi) is 8.71. The van der Waals surface area contributed by atoms with Crippen molar-refractivity contribution in [1.29, 1.82) is 0 Å². The first-order valence-electron chi connectivity index (χ1n) is 8.27. The molecule has 0 fully saturated rings. The molecule has 0 aliphatic rings. The fraction of sp³-hybridized carbons (Fsp3) is 0.300. The summed E-state index contributed by atoms with van der Waals surface area (Å²) in [5.41, 5.74) is 2.11. The largest absolute Gasteiger partial charge is 0.508 e. The van der Waals surface area contributed by atoms with E-state index >= 15 is 0 Å². The van der Waals surface area contributed by atoms with E-state index in [4.69, 9.17) is 0 Å². The Hall–Kier alpha value is -1.13. The summed E-state index contributed by atoms with van der Waals surface area (Å²) in [6, 6.07) is 17.3. The number of para-hydroxylation sites is 2. The Morgan fingerprint density at radius 3 is 2.33 bits per heavy atom. The molecule has 1 aromatic heterocycles. The number of thiazole rings is 1. The van der Waals surface area contributed by atoms with E-state index in [2.05, 4.69) is 42.7 Å². The number of hydrogen-bond donors (Lipinski definition) is 1. The average molecular weight is 506 g/mol. The third kappa shape index (κ3) is 4.28. The van der Waals surface area contributed by atoms with Crippen LogP contribution in [-0.4, -0.2) is 5.11 Å². The van der Waals surface area contributed by atoms with Crippen LogP contribution < -0.4 is 4.57 Å². The van der Waals surface area contributed by atoms with E-state index in [0.717, 1.165) is 23.4 Å². The van der Waals surface area contributed by atoms with Crippen molar-refractivity contribution in [2.75, 3.05) is 0 Å². The van der Waals surface area contributed by atoms with Gasteiger partial charge in [0.05, 0.1) is 6.04 Å². The molecule has 1 N–H and O–H groups in total. The Bertz CT molecular complexity index is 769. The molecule has 1 heterocycles. The van der Waals surface area contributed by atoms with E-state index in [1.807, 2.05) is 32.0 Å². The number of hydrogen-bond acceptors (Lipinski definition) is 2. The van der Waals surface area contributed by atoms with Gasteiger partial charge in [0.2, 0.25) is 0 Å². The molecule has 2 nitrogen and oxygen atoms in total. The number of nitrogens with zero attached hydrogens (tertiary/aromatic N) is 1. The van der Waals surface area contributed by atoms with Gasteiger partial charge in [-0.2, -0.15) is 0 Å². The van der Waals surface area contributed by atoms with Gasteiger partial charge >= 0.3 is 0 Å². The predicted octanol–water partition coefficient (Wildman–Crippen LogP) is 5.79. The maximum absolute atomic E-state index is 10.2. The van der Waals surface area contributed by atoms with Gasteiger partial charge in [-0.1, -0.05) is 63.6 Å². The summed E-state index contributed by atoms with van der Waals surface area (Å²) >= 11 is 1.73. The smallest absolute Gasteiger partial charge is 0.171 e. The molecule has 0 aliphatic heterocycles. The summed E-state index contributed by atoms with van der Waals surface area (Å²) in [6.45, 7) is 8.37. The molecule has 24 heavy (non-hydrogen) atoms. The van der Waals surface area contributed by atoms with Crippen LogP contribution in [0.1, 0.15) is 40.5 Å². The second kappa shape index (κ2) is 10.00. The van der Waals surface area contributed by atoms with Gasteiger partial charge in [-0.3, -0.25) is 0 Å². The molecule has 0 amide bonds. The summed E-state index contributed by atoms with van der Waals surface area (Å²) in [5.74, 6) is 0.335. The molecular weight excluding hydrogens is 481 g/mol. The minimum Gasteiger partial charge on any atom is -0.508 e. The molecule has 0 saturated heterocycles. The van der Waals surface area contributed by atoms with Crippen LogP contribution in [0.15, 0.2) is 48.5 Å². The third-order valence-corrected chi connectivity index (χ3v) is 4.80. The second-order valence-electron chi connectivity index (χ2n) is 5.21. The van der Waals surface area contributed by atoms with Crippen LogP contribution in [-0.2, 0) is 25.8 Å². The van der Waals surface area contributed by atoms with E-state index in [0.29, 0.717) is 5.75 Å². The van der Waals surface area contributed by atoms with Crippen LogP contribution in [0.25, 0.3) is 20.8 Å². The molecule has 0 bridgehead atoms. The van der Waals surface area contributed by atoms with Gasteiger partial charge in [-0.25, -0.2) is 0 Å². The fourth-order valence-electron chi connectivity index (χ4n) is 2.67. The Morgan fingerprint density at radius 1 is 1.04 bits per heavy atom. The van der Waals surface area contributed by atoms with Gasteiger partial charge < -0.3 is 9.67 Å². The molecule has 0 atom stereocenters. The molecule has 4 heteroatoms. The van der Waals surface area contributed by atoms with E-state index in [1.54, 1.807) is 17.4 Å². The van der Waals surface area contributed by atoms with Gasteiger partial charge in [-0.15, -0.1) is 11.3 Å². The van der Waals surface area contributed by atoms with Crippen molar-refractivity contribution in [3.05, 3.63) is 54.6 Å². The van der Waals surface area contributed by atoms with Crippen LogP contribution in [0.3, 0.4) is 0 Å². The van der Waals surface area contributed by atoms with E-state index in [9.17, 15) is 5.11 Å². The maximum atomic E-state index is 10.2. The number of fused-ring (bicyclic) bond motifs is 1. The molecule has 0 aliphatic carbocycles. The summed E-state index contributed by atoms with van der Waals surface area (Å²) in [5, 5.41) is 11.3.